The zero-order valence-electron chi connectivity index (χ0n) is 9.67. The zero-order valence-corrected chi connectivity index (χ0v) is 9.67. The van der Waals surface area contributed by atoms with Crippen LogP contribution in [0.1, 0.15) is 39.0 Å². The van der Waals surface area contributed by atoms with Gasteiger partial charge in [-0.2, -0.15) is 0 Å². The number of hydrogen-bond acceptors (Lipinski definition) is 2. The Balaban J connectivity index is 1.81. The molecular formula is C12H22N2O. The second-order valence-electron chi connectivity index (χ2n) is 4.83. The number of nitrogens with zero attached hydrogens (tertiary/aromatic N) is 1. The molecule has 0 aromatic carbocycles. The highest BCUT2D eigenvalue weighted by atomic mass is 16.2. The molecular weight excluding hydrogens is 188 g/mol. The van der Waals surface area contributed by atoms with Crippen LogP contribution in [0.15, 0.2) is 0 Å². The molecule has 3 heteroatoms. The van der Waals surface area contributed by atoms with Gasteiger partial charge in [0.2, 0.25) is 5.91 Å². The lowest BCUT2D eigenvalue weighted by Gasteiger charge is -2.33. The molecule has 2 heterocycles. The van der Waals surface area contributed by atoms with E-state index in [2.05, 4.69) is 17.1 Å². The maximum atomic E-state index is 12.1. The summed E-state index contributed by atoms with van der Waals surface area (Å²) in [5.41, 5.74) is 0. The lowest BCUT2D eigenvalue weighted by Crippen LogP contribution is -2.46. The summed E-state index contributed by atoms with van der Waals surface area (Å²) in [6.07, 6.45) is 5.86. The SMILES string of the molecule is CCC1CCN(C(=O)[C@@H]2CCCN2)CC1. The minimum absolute atomic E-state index is 0.128. The number of piperidine rings is 1. The highest BCUT2D eigenvalue weighted by Gasteiger charge is 2.29. The van der Waals surface area contributed by atoms with E-state index in [-0.39, 0.29) is 6.04 Å². The van der Waals surface area contributed by atoms with Gasteiger partial charge in [0.1, 0.15) is 0 Å². The second-order valence-corrected chi connectivity index (χ2v) is 4.83. The molecule has 0 bridgehead atoms. The van der Waals surface area contributed by atoms with Crippen LogP contribution < -0.4 is 5.32 Å². The van der Waals surface area contributed by atoms with Crippen LogP contribution in [0.4, 0.5) is 0 Å². The van der Waals surface area contributed by atoms with Gasteiger partial charge in [-0.05, 0) is 38.1 Å². The lowest BCUT2D eigenvalue weighted by atomic mass is 9.94. The van der Waals surface area contributed by atoms with Crippen LogP contribution in [-0.2, 0) is 4.79 Å². The minimum Gasteiger partial charge on any atom is -0.341 e. The molecule has 0 unspecified atom stereocenters. The standard InChI is InChI=1S/C12H22N2O/c1-2-10-5-8-14(9-6-10)12(15)11-4-3-7-13-11/h10-11,13H,2-9H2,1H3/t11-/m0/s1. The fraction of sp³-hybridized carbons (Fsp3) is 0.917. The Hall–Kier alpha value is -0.570. The predicted octanol–water partition coefficient (Wildman–Crippen LogP) is 1.39. The second kappa shape index (κ2) is 4.97. The van der Waals surface area contributed by atoms with Gasteiger partial charge in [0.25, 0.3) is 0 Å². The van der Waals surface area contributed by atoms with E-state index in [1.165, 1.54) is 19.3 Å². The van der Waals surface area contributed by atoms with Gasteiger partial charge in [-0.25, -0.2) is 0 Å². The van der Waals surface area contributed by atoms with Crippen molar-refractivity contribution in [2.45, 2.75) is 45.1 Å². The summed E-state index contributed by atoms with van der Waals surface area (Å²) in [7, 11) is 0. The van der Waals surface area contributed by atoms with Crippen LogP contribution in [0.2, 0.25) is 0 Å². The van der Waals surface area contributed by atoms with Crippen molar-refractivity contribution in [2.75, 3.05) is 19.6 Å². The van der Waals surface area contributed by atoms with Crippen molar-refractivity contribution >= 4 is 5.91 Å². The van der Waals surface area contributed by atoms with Gasteiger partial charge in [0, 0.05) is 13.1 Å². The van der Waals surface area contributed by atoms with E-state index in [9.17, 15) is 4.79 Å². The first-order chi connectivity index (χ1) is 7.31. The smallest absolute Gasteiger partial charge is 0.239 e. The molecule has 0 aromatic rings. The first kappa shape index (κ1) is 10.9. The fourth-order valence-corrected chi connectivity index (χ4v) is 2.68. The van der Waals surface area contributed by atoms with Crippen molar-refractivity contribution in [1.29, 1.82) is 0 Å². The van der Waals surface area contributed by atoms with Gasteiger partial charge in [0.05, 0.1) is 6.04 Å². The van der Waals surface area contributed by atoms with Crippen LogP contribution >= 0.6 is 0 Å². The molecule has 0 radical (unpaired) electrons. The van der Waals surface area contributed by atoms with Crippen molar-refractivity contribution < 1.29 is 4.79 Å². The molecule has 0 aliphatic carbocycles. The Bertz CT molecular complexity index is 216. The summed E-state index contributed by atoms with van der Waals surface area (Å²) in [5, 5.41) is 3.29. The van der Waals surface area contributed by atoms with Gasteiger partial charge in [-0.3, -0.25) is 4.79 Å². The molecule has 2 saturated heterocycles. The normalized spacial score (nSPS) is 28.3. The highest BCUT2D eigenvalue weighted by Crippen LogP contribution is 2.21. The van der Waals surface area contributed by atoms with E-state index in [1.807, 2.05) is 0 Å². The molecule has 86 valence electrons. The monoisotopic (exact) mass is 210 g/mol. The zero-order chi connectivity index (χ0) is 10.7. The van der Waals surface area contributed by atoms with E-state index in [0.717, 1.165) is 38.4 Å². The highest BCUT2D eigenvalue weighted by molar-refractivity contribution is 5.82. The molecule has 15 heavy (non-hydrogen) atoms. The maximum absolute atomic E-state index is 12.1. The molecule has 2 aliphatic rings. The average Bonchev–Trinajstić information content (AvgIpc) is 2.82. The lowest BCUT2D eigenvalue weighted by molar-refractivity contribution is -0.134. The van der Waals surface area contributed by atoms with Crippen LogP contribution in [0, 0.1) is 5.92 Å². The number of rotatable bonds is 2. The van der Waals surface area contributed by atoms with Crippen LogP contribution in [-0.4, -0.2) is 36.5 Å². The Morgan fingerprint density at radius 3 is 2.60 bits per heavy atom. The molecule has 2 rings (SSSR count). The van der Waals surface area contributed by atoms with Gasteiger partial charge in [-0.1, -0.05) is 13.3 Å². The van der Waals surface area contributed by atoms with E-state index in [1.54, 1.807) is 0 Å². The summed E-state index contributed by atoms with van der Waals surface area (Å²) >= 11 is 0. The van der Waals surface area contributed by atoms with E-state index in [4.69, 9.17) is 0 Å². The Kier molecular flexibility index (Phi) is 3.62. The van der Waals surface area contributed by atoms with Crippen molar-refractivity contribution in [3.8, 4) is 0 Å². The van der Waals surface area contributed by atoms with Gasteiger partial charge < -0.3 is 10.2 Å². The van der Waals surface area contributed by atoms with Crippen LogP contribution in [0.3, 0.4) is 0 Å². The van der Waals surface area contributed by atoms with Gasteiger partial charge in [0.15, 0.2) is 0 Å². The number of hydrogen-bond donors (Lipinski definition) is 1. The average molecular weight is 210 g/mol. The summed E-state index contributed by atoms with van der Waals surface area (Å²) in [5.74, 6) is 1.20. The molecule has 1 amide bonds. The fourth-order valence-electron chi connectivity index (χ4n) is 2.68. The summed E-state index contributed by atoms with van der Waals surface area (Å²) in [6.45, 7) is 5.23. The molecule has 0 saturated carbocycles. The summed E-state index contributed by atoms with van der Waals surface area (Å²) in [6, 6.07) is 0.128. The molecule has 1 atom stereocenters. The molecule has 2 fully saturated rings. The predicted molar refractivity (Wildman–Crippen MR) is 60.6 cm³/mol. The number of carbonyl (C=O) groups is 1. The van der Waals surface area contributed by atoms with Crippen LogP contribution in [0.25, 0.3) is 0 Å². The third-order valence-electron chi connectivity index (χ3n) is 3.86. The molecule has 0 aromatic heterocycles. The van der Waals surface area contributed by atoms with E-state index < -0.39 is 0 Å². The third kappa shape index (κ3) is 2.51. The van der Waals surface area contributed by atoms with Gasteiger partial charge >= 0.3 is 0 Å². The summed E-state index contributed by atoms with van der Waals surface area (Å²) in [4.78, 5) is 14.1. The van der Waals surface area contributed by atoms with Crippen molar-refractivity contribution in [1.82, 2.24) is 10.2 Å². The molecule has 0 spiro atoms. The molecule has 3 nitrogen and oxygen atoms in total. The first-order valence-electron chi connectivity index (χ1n) is 6.33. The summed E-state index contributed by atoms with van der Waals surface area (Å²) < 4.78 is 0. The topological polar surface area (TPSA) is 32.3 Å². The molecule has 1 N–H and O–H groups in total. The number of carbonyl (C=O) groups excluding carboxylic acids is 1. The quantitative estimate of drug-likeness (QED) is 0.747. The largest absolute Gasteiger partial charge is 0.341 e. The Morgan fingerprint density at radius 1 is 1.33 bits per heavy atom. The Labute approximate surface area is 92.2 Å². The first-order valence-corrected chi connectivity index (χ1v) is 6.33. The minimum atomic E-state index is 0.128. The number of amides is 1. The third-order valence-corrected chi connectivity index (χ3v) is 3.86. The van der Waals surface area contributed by atoms with Crippen molar-refractivity contribution in [3.63, 3.8) is 0 Å². The van der Waals surface area contributed by atoms with E-state index in [0.29, 0.717) is 5.91 Å². The molecule has 2 aliphatic heterocycles. The van der Waals surface area contributed by atoms with Crippen molar-refractivity contribution in [3.05, 3.63) is 0 Å². The van der Waals surface area contributed by atoms with E-state index >= 15 is 0 Å². The van der Waals surface area contributed by atoms with Crippen LogP contribution in [0.5, 0.6) is 0 Å². The number of likely N-dealkylation sites (tertiary alicyclic amines) is 1. The maximum Gasteiger partial charge on any atom is 0.239 e. The Morgan fingerprint density at radius 2 is 2.07 bits per heavy atom. The number of nitrogens with one attached hydrogen (secondary N) is 1. The van der Waals surface area contributed by atoms with Gasteiger partial charge in [-0.15, -0.1) is 0 Å². The van der Waals surface area contributed by atoms with Crippen molar-refractivity contribution in [2.24, 2.45) is 5.92 Å².